The van der Waals surface area contributed by atoms with Gasteiger partial charge in [-0.1, -0.05) is 12.1 Å². The number of likely N-dealkylation sites (N-methyl/N-ethyl adjacent to an activating group) is 1. The molecule has 0 amide bonds. The average Bonchev–Trinajstić information content (AvgIpc) is 3.05. The lowest BCUT2D eigenvalue weighted by Crippen LogP contribution is -2.29. The molecule has 2 heterocycles. The molecule has 0 fully saturated rings. The normalized spacial score (nSPS) is 15.5. The fraction of sp³-hybridized carbons (Fsp3) is 0.471. The lowest BCUT2D eigenvalue weighted by Gasteiger charge is -2.16. The van der Waals surface area contributed by atoms with Crippen LogP contribution in [0.4, 0.5) is 5.69 Å². The minimum atomic E-state index is -3.73. The van der Waals surface area contributed by atoms with E-state index >= 15 is 0 Å². The van der Waals surface area contributed by atoms with E-state index in [0.29, 0.717) is 11.4 Å². The van der Waals surface area contributed by atoms with Crippen LogP contribution >= 0.6 is 0 Å². The van der Waals surface area contributed by atoms with Gasteiger partial charge < -0.3 is 10.0 Å². The largest absolute Gasteiger partial charge is 0.387 e. The highest BCUT2D eigenvalue weighted by Crippen LogP contribution is 2.29. The van der Waals surface area contributed by atoms with E-state index < -0.39 is 16.1 Å². The number of sulfonamides is 1. The highest BCUT2D eigenvalue weighted by atomic mass is 32.2. The first-order valence-corrected chi connectivity index (χ1v) is 9.71. The van der Waals surface area contributed by atoms with E-state index in [1.807, 2.05) is 25.2 Å². The molecule has 2 N–H and O–H groups in total. The summed E-state index contributed by atoms with van der Waals surface area (Å²) < 4.78 is 29.2. The van der Waals surface area contributed by atoms with Gasteiger partial charge in [-0.05, 0) is 37.5 Å². The Hall–Kier alpha value is -1.90. The van der Waals surface area contributed by atoms with Crippen molar-refractivity contribution in [3.05, 3.63) is 40.7 Å². The van der Waals surface area contributed by atoms with Crippen LogP contribution in [-0.2, 0) is 23.5 Å². The smallest absolute Gasteiger partial charge is 0.244 e. The molecule has 0 bridgehead atoms. The van der Waals surface area contributed by atoms with Gasteiger partial charge in [0, 0.05) is 32.9 Å². The van der Waals surface area contributed by atoms with Gasteiger partial charge in [0.15, 0.2) is 0 Å². The summed E-state index contributed by atoms with van der Waals surface area (Å²) in [6.45, 7) is 4.25. The molecule has 0 aliphatic carbocycles. The van der Waals surface area contributed by atoms with Crippen molar-refractivity contribution in [3.8, 4) is 0 Å². The molecule has 1 aliphatic heterocycles. The molecule has 3 rings (SSSR count). The minimum Gasteiger partial charge on any atom is -0.387 e. The molecule has 0 saturated heterocycles. The summed E-state index contributed by atoms with van der Waals surface area (Å²) in [6, 6.07) is 5.78. The number of nitrogens with zero attached hydrogens (tertiary/aromatic N) is 3. The Kier molecular flexibility index (Phi) is 4.61. The van der Waals surface area contributed by atoms with E-state index in [0.717, 1.165) is 24.2 Å². The van der Waals surface area contributed by atoms with Crippen molar-refractivity contribution in [2.45, 2.75) is 31.3 Å². The molecule has 8 heteroatoms. The van der Waals surface area contributed by atoms with E-state index in [2.05, 4.69) is 14.7 Å². The second-order valence-corrected chi connectivity index (χ2v) is 8.25. The van der Waals surface area contributed by atoms with Crippen molar-refractivity contribution >= 4 is 15.7 Å². The number of aromatic nitrogens is 2. The number of aryl methyl sites for hydroxylation is 2. The second-order valence-electron chi connectivity index (χ2n) is 6.55. The van der Waals surface area contributed by atoms with Crippen LogP contribution in [0, 0.1) is 13.8 Å². The number of benzene rings is 1. The Morgan fingerprint density at radius 3 is 2.68 bits per heavy atom. The van der Waals surface area contributed by atoms with Gasteiger partial charge in [-0.25, -0.2) is 13.1 Å². The third-order valence-electron chi connectivity index (χ3n) is 4.79. The number of fused-ring (bicyclic) bond motifs is 1. The standard InChI is InChI=1S/C17H24N4O3S/c1-11-17(12(2)21(4)19-11)25(23,24)18-10-16(22)14-5-6-15-13(9-14)7-8-20(15)3/h5-6,9,16,18,22H,7-8,10H2,1-4H3. The minimum absolute atomic E-state index is 0.0786. The van der Waals surface area contributed by atoms with Crippen LogP contribution in [0.25, 0.3) is 0 Å². The third-order valence-corrected chi connectivity index (χ3v) is 6.47. The van der Waals surface area contributed by atoms with Gasteiger partial charge in [0.2, 0.25) is 10.0 Å². The lowest BCUT2D eigenvalue weighted by molar-refractivity contribution is 0.182. The molecule has 0 saturated carbocycles. The number of aliphatic hydroxyl groups excluding tert-OH is 1. The first kappa shape index (κ1) is 17.9. The first-order valence-electron chi connectivity index (χ1n) is 8.22. The SMILES string of the molecule is Cc1nn(C)c(C)c1S(=O)(=O)NCC(O)c1ccc2c(c1)CCN2C. The summed E-state index contributed by atoms with van der Waals surface area (Å²) in [5.74, 6) is 0. The lowest BCUT2D eigenvalue weighted by atomic mass is 10.0. The van der Waals surface area contributed by atoms with Crippen molar-refractivity contribution in [1.29, 1.82) is 0 Å². The number of aliphatic hydroxyl groups is 1. The van der Waals surface area contributed by atoms with Gasteiger partial charge in [0.1, 0.15) is 4.90 Å². The zero-order chi connectivity index (χ0) is 18.4. The molecular formula is C17H24N4O3S. The Labute approximate surface area is 148 Å². The molecule has 0 radical (unpaired) electrons. The molecule has 1 unspecified atom stereocenters. The monoisotopic (exact) mass is 364 g/mol. The summed E-state index contributed by atoms with van der Waals surface area (Å²) in [5.41, 5.74) is 4.08. The Balaban J connectivity index is 1.75. The Morgan fingerprint density at radius 2 is 2.04 bits per heavy atom. The van der Waals surface area contributed by atoms with Crippen LogP contribution in [0.2, 0.25) is 0 Å². The predicted molar refractivity (Wildman–Crippen MR) is 96.2 cm³/mol. The molecule has 25 heavy (non-hydrogen) atoms. The molecule has 0 spiro atoms. The molecule has 1 aromatic heterocycles. The van der Waals surface area contributed by atoms with Gasteiger partial charge in [-0.15, -0.1) is 0 Å². The maximum atomic E-state index is 12.6. The van der Waals surface area contributed by atoms with Crippen molar-refractivity contribution in [2.24, 2.45) is 7.05 Å². The van der Waals surface area contributed by atoms with Crippen molar-refractivity contribution in [2.75, 3.05) is 25.0 Å². The van der Waals surface area contributed by atoms with E-state index in [1.165, 1.54) is 10.2 Å². The van der Waals surface area contributed by atoms with Gasteiger partial charge in [0.05, 0.1) is 17.5 Å². The summed E-state index contributed by atoms with van der Waals surface area (Å²) in [4.78, 5) is 2.35. The summed E-state index contributed by atoms with van der Waals surface area (Å²) in [6.07, 6.45) is 0.0369. The maximum Gasteiger partial charge on any atom is 0.244 e. The summed E-state index contributed by atoms with van der Waals surface area (Å²) in [5, 5.41) is 14.5. The molecule has 136 valence electrons. The molecule has 1 atom stereocenters. The predicted octanol–water partition coefficient (Wildman–Crippen LogP) is 1.04. The van der Waals surface area contributed by atoms with Crippen molar-refractivity contribution in [3.63, 3.8) is 0 Å². The van der Waals surface area contributed by atoms with Crippen LogP contribution in [0.15, 0.2) is 23.1 Å². The van der Waals surface area contributed by atoms with Gasteiger partial charge in [0.25, 0.3) is 0 Å². The van der Waals surface area contributed by atoms with Crippen LogP contribution in [0.3, 0.4) is 0 Å². The van der Waals surface area contributed by atoms with E-state index in [1.54, 1.807) is 20.9 Å². The summed E-state index contributed by atoms with van der Waals surface area (Å²) in [7, 11) is 0.0167. The van der Waals surface area contributed by atoms with Crippen LogP contribution in [0.5, 0.6) is 0 Å². The highest BCUT2D eigenvalue weighted by molar-refractivity contribution is 7.89. The quantitative estimate of drug-likeness (QED) is 0.828. The van der Waals surface area contributed by atoms with Crippen LogP contribution < -0.4 is 9.62 Å². The molecule has 7 nitrogen and oxygen atoms in total. The van der Waals surface area contributed by atoms with Gasteiger partial charge in [-0.2, -0.15) is 5.10 Å². The topological polar surface area (TPSA) is 87.5 Å². The zero-order valence-corrected chi connectivity index (χ0v) is 15.8. The maximum absolute atomic E-state index is 12.6. The first-order chi connectivity index (χ1) is 11.7. The van der Waals surface area contributed by atoms with Crippen LogP contribution in [0.1, 0.15) is 28.6 Å². The van der Waals surface area contributed by atoms with Crippen molar-refractivity contribution in [1.82, 2.24) is 14.5 Å². The van der Waals surface area contributed by atoms with Crippen molar-refractivity contribution < 1.29 is 13.5 Å². The Bertz CT molecular complexity index is 905. The fourth-order valence-electron chi connectivity index (χ4n) is 3.32. The zero-order valence-electron chi connectivity index (χ0n) is 14.9. The number of rotatable bonds is 5. The molecule has 1 aliphatic rings. The summed E-state index contributed by atoms with van der Waals surface area (Å²) >= 11 is 0. The van der Waals surface area contributed by atoms with E-state index in [-0.39, 0.29) is 11.4 Å². The number of hydrogen-bond acceptors (Lipinski definition) is 5. The number of hydrogen-bond donors (Lipinski definition) is 2. The Morgan fingerprint density at radius 1 is 1.32 bits per heavy atom. The van der Waals surface area contributed by atoms with E-state index in [4.69, 9.17) is 0 Å². The highest BCUT2D eigenvalue weighted by Gasteiger charge is 2.25. The number of nitrogens with one attached hydrogen (secondary N) is 1. The third kappa shape index (κ3) is 3.29. The molecule has 1 aromatic carbocycles. The van der Waals surface area contributed by atoms with Crippen LogP contribution in [-0.4, -0.2) is 43.4 Å². The number of anilines is 1. The average molecular weight is 364 g/mol. The van der Waals surface area contributed by atoms with E-state index in [9.17, 15) is 13.5 Å². The second kappa shape index (κ2) is 6.44. The molecule has 2 aromatic rings. The van der Waals surface area contributed by atoms with Gasteiger partial charge >= 0.3 is 0 Å². The fourth-order valence-corrected chi connectivity index (χ4v) is 4.79. The molecular weight excluding hydrogens is 340 g/mol. The van der Waals surface area contributed by atoms with Gasteiger partial charge in [-0.3, -0.25) is 4.68 Å².